The summed E-state index contributed by atoms with van der Waals surface area (Å²) in [5.74, 6) is -0.118. The summed E-state index contributed by atoms with van der Waals surface area (Å²) >= 11 is 11.9. The molecule has 7 nitrogen and oxygen atoms in total. The molecule has 1 amide bonds. The lowest BCUT2D eigenvalue weighted by Crippen LogP contribution is -2.58. The van der Waals surface area contributed by atoms with Gasteiger partial charge in [0.15, 0.2) is 0 Å². The molecule has 1 saturated heterocycles. The first-order valence-corrected chi connectivity index (χ1v) is 10.0. The van der Waals surface area contributed by atoms with Crippen molar-refractivity contribution in [3.05, 3.63) is 51.8 Å². The number of nitrogens with one attached hydrogen (secondary N) is 1. The van der Waals surface area contributed by atoms with Crippen LogP contribution in [0.5, 0.6) is 5.75 Å². The Morgan fingerprint density at radius 1 is 1.33 bits per heavy atom. The zero-order valence-corrected chi connectivity index (χ0v) is 17.2. The Morgan fingerprint density at radius 2 is 2.13 bits per heavy atom. The Hall–Kier alpha value is -2.26. The van der Waals surface area contributed by atoms with Gasteiger partial charge in [-0.15, -0.1) is 0 Å². The molecule has 160 valence electrons. The maximum Gasteiger partial charge on any atom is 0.412 e. The zero-order chi connectivity index (χ0) is 21.5. The number of ether oxygens (including phenoxy) is 2. The summed E-state index contributed by atoms with van der Waals surface area (Å²) in [4.78, 5) is 13.1. The van der Waals surface area contributed by atoms with E-state index in [-0.39, 0.29) is 31.2 Å². The number of aliphatic hydroxyl groups is 2. The number of rotatable bonds is 4. The van der Waals surface area contributed by atoms with E-state index in [4.69, 9.17) is 32.7 Å². The number of fused-ring (bicyclic) bond motifs is 1. The van der Waals surface area contributed by atoms with Crippen molar-refractivity contribution >= 4 is 40.7 Å². The van der Waals surface area contributed by atoms with Gasteiger partial charge < -0.3 is 24.6 Å². The molecule has 10 heteroatoms. The Kier molecular flexibility index (Phi) is 5.67. The van der Waals surface area contributed by atoms with E-state index in [9.17, 15) is 19.4 Å². The third kappa shape index (κ3) is 4.00. The van der Waals surface area contributed by atoms with E-state index >= 15 is 0 Å². The largest absolute Gasteiger partial charge is 0.490 e. The number of halogens is 3. The SMILES string of the molecule is O=C1Nc2c(Cl)ccc(OC[C@]3(O)CCN(c4ccc(Cl)cc4F)C[C@H]3O)c2CO1. The number of carbonyl (C=O) groups is 1. The molecule has 0 aromatic heterocycles. The second-order valence-corrected chi connectivity index (χ2v) is 8.14. The first kappa shape index (κ1) is 21.0. The quantitative estimate of drug-likeness (QED) is 0.651. The molecule has 0 aliphatic carbocycles. The van der Waals surface area contributed by atoms with Crippen molar-refractivity contribution in [1.82, 2.24) is 0 Å². The van der Waals surface area contributed by atoms with E-state index in [0.29, 0.717) is 34.3 Å². The van der Waals surface area contributed by atoms with Crippen LogP contribution in [0.1, 0.15) is 12.0 Å². The van der Waals surface area contributed by atoms with E-state index in [2.05, 4.69) is 5.32 Å². The lowest BCUT2D eigenvalue weighted by Gasteiger charge is -2.42. The molecule has 2 atom stereocenters. The van der Waals surface area contributed by atoms with Crippen LogP contribution in [0.2, 0.25) is 10.0 Å². The number of aliphatic hydroxyl groups excluding tert-OH is 1. The minimum absolute atomic E-state index is 0.0241. The van der Waals surface area contributed by atoms with E-state index in [1.165, 1.54) is 6.07 Å². The molecule has 2 heterocycles. The van der Waals surface area contributed by atoms with Gasteiger partial charge in [0.05, 0.1) is 22.0 Å². The number of nitrogens with zero attached hydrogens (tertiary/aromatic N) is 1. The molecule has 2 aliphatic rings. The smallest absolute Gasteiger partial charge is 0.412 e. The first-order chi connectivity index (χ1) is 14.3. The fourth-order valence-corrected chi connectivity index (χ4v) is 3.97. The number of anilines is 2. The van der Waals surface area contributed by atoms with Crippen molar-refractivity contribution in [3.63, 3.8) is 0 Å². The Morgan fingerprint density at radius 3 is 2.87 bits per heavy atom. The average Bonchev–Trinajstić information content (AvgIpc) is 2.70. The van der Waals surface area contributed by atoms with Gasteiger partial charge in [0, 0.05) is 18.1 Å². The van der Waals surface area contributed by atoms with E-state index in [1.54, 1.807) is 29.2 Å². The number of hydrogen-bond acceptors (Lipinski definition) is 6. The van der Waals surface area contributed by atoms with Crippen molar-refractivity contribution < 1.29 is 28.9 Å². The second-order valence-electron chi connectivity index (χ2n) is 7.30. The van der Waals surface area contributed by atoms with Crippen LogP contribution in [0.3, 0.4) is 0 Å². The number of cyclic esters (lactones) is 1. The molecule has 2 aromatic rings. The summed E-state index contributed by atoms with van der Waals surface area (Å²) in [7, 11) is 0. The molecule has 3 N–H and O–H groups in total. The van der Waals surface area contributed by atoms with Gasteiger partial charge in [0.25, 0.3) is 0 Å². The zero-order valence-electron chi connectivity index (χ0n) is 15.7. The maximum atomic E-state index is 14.2. The van der Waals surface area contributed by atoms with Crippen molar-refractivity contribution in [2.75, 3.05) is 29.9 Å². The number of benzene rings is 2. The van der Waals surface area contributed by atoms with Gasteiger partial charge in [-0.3, -0.25) is 5.32 Å². The number of carbonyl (C=O) groups excluding carboxylic acids is 1. The number of hydrogen-bond donors (Lipinski definition) is 3. The van der Waals surface area contributed by atoms with Crippen LogP contribution in [-0.2, 0) is 11.3 Å². The minimum atomic E-state index is -1.54. The predicted octanol–water partition coefficient (Wildman–Crippen LogP) is 3.58. The molecule has 1 fully saturated rings. The minimum Gasteiger partial charge on any atom is -0.490 e. The summed E-state index contributed by atoms with van der Waals surface area (Å²) in [6.45, 7) is 0.110. The Bertz CT molecular complexity index is 992. The van der Waals surface area contributed by atoms with Crippen LogP contribution in [-0.4, -0.2) is 47.7 Å². The van der Waals surface area contributed by atoms with Gasteiger partial charge in [-0.2, -0.15) is 0 Å². The lowest BCUT2D eigenvalue weighted by atomic mass is 9.89. The molecule has 0 spiro atoms. The maximum absolute atomic E-state index is 14.2. The summed E-state index contributed by atoms with van der Waals surface area (Å²) in [5, 5.41) is 24.7. The number of β-amino-alcohol motifs (C(OH)–C–C–N with tert-alkyl or cyclic N) is 1. The molecule has 0 saturated carbocycles. The highest BCUT2D eigenvalue weighted by atomic mass is 35.5. The highest BCUT2D eigenvalue weighted by Crippen LogP contribution is 2.37. The Balaban J connectivity index is 1.46. The predicted molar refractivity (Wildman–Crippen MR) is 110 cm³/mol. The molecule has 0 bridgehead atoms. The van der Waals surface area contributed by atoms with Crippen LogP contribution in [0.4, 0.5) is 20.6 Å². The van der Waals surface area contributed by atoms with Gasteiger partial charge >= 0.3 is 6.09 Å². The van der Waals surface area contributed by atoms with Gasteiger partial charge in [0.1, 0.15) is 36.5 Å². The molecule has 0 unspecified atom stereocenters. The second kappa shape index (κ2) is 8.11. The van der Waals surface area contributed by atoms with Crippen molar-refractivity contribution in [3.8, 4) is 5.75 Å². The van der Waals surface area contributed by atoms with E-state index < -0.39 is 23.6 Å². The van der Waals surface area contributed by atoms with Crippen LogP contribution >= 0.6 is 23.2 Å². The van der Waals surface area contributed by atoms with Crippen molar-refractivity contribution in [1.29, 1.82) is 0 Å². The summed E-state index contributed by atoms with van der Waals surface area (Å²) in [5.41, 5.74) is -0.294. The van der Waals surface area contributed by atoms with Gasteiger partial charge in [-0.1, -0.05) is 23.2 Å². The standard InChI is InChI=1S/C20H19Cl2FN2O5/c21-11-1-3-15(14(23)7-11)25-6-5-20(28,17(26)8-25)10-30-16-4-2-13(22)18-12(16)9-29-19(27)24-18/h1-4,7,17,26,28H,5-6,8-10H2,(H,24,27)/t17-,20-/m1/s1. The summed E-state index contributed by atoms with van der Waals surface area (Å²) in [6, 6.07) is 7.49. The van der Waals surface area contributed by atoms with Crippen molar-refractivity contribution in [2.24, 2.45) is 0 Å². The van der Waals surface area contributed by atoms with Crippen LogP contribution in [0.25, 0.3) is 0 Å². The number of piperidine rings is 1. The molecule has 4 rings (SSSR count). The molecular formula is C20H19Cl2FN2O5. The highest BCUT2D eigenvalue weighted by molar-refractivity contribution is 6.34. The molecule has 2 aliphatic heterocycles. The molecule has 30 heavy (non-hydrogen) atoms. The molecule has 2 aromatic carbocycles. The third-order valence-electron chi connectivity index (χ3n) is 5.35. The normalized spacial score (nSPS) is 23.4. The third-order valence-corrected chi connectivity index (χ3v) is 5.90. The monoisotopic (exact) mass is 456 g/mol. The van der Waals surface area contributed by atoms with Crippen molar-refractivity contribution in [2.45, 2.75) is 24.7 Å². The van der Waals surface area contributed by atoms with Gasteiger partial charge in [-0.25, -0.2) is 9.18 Å². The van der Waals surface area contributed by atoms with Crippen LogP contribution < -0.4 is 15.0 Å². The van der Waals surface area contributed by atoms with Crippen LogP contribution in [0, 0.1) is 5.82 Å². The van der Waals surface area contributed by atoms with Crippen LogP contribution in [0.15, 0.2) is 30.3 Å². The summed E-state index contributed by atoms with van der Waals surface area (Å²) < 4.78 is 24.9. The molecule has 0 radical (unpaired) electrons. The summed E-state index contributed by atoms with van der Waals surface area (Å²) in [6.07, 6.45) is -1.64. The topological polar surface area (TPSA) is 91.3 Å². The van der Waals surface area contributed by atoms with E-state index in [1.807, 2.05) is 0 Å². The van der Waals surface area contributed by atoms with Gasteiger partial charge in [0.2, 0.25) is 0 Å². The van der Waals surface area contributed by atoms with Gasteiger partial charge in [-0.05, 0) is 36.8 Å². The lowest BCUT2D eigenvalue weighted by molar-refractivity contribution is -0.109. The fourth-order valence-electron chi connectivity index (χ4n) is 3.58. The first-order valence-electron chi connectivity index (χ1n) is 9.25. The Labute approximate surface area is 181 Å². The highest BCUT2D eigenvalue weighted by Gasteiger charge is 2.42. The average molecular weight is 457 g/mol. The number of amides is 1. The van der Waals surface area contributed by atoms with E-state index in [0.717, 1.165) is 0 Å². The molecular weight excluding hydrogens is 438 g/mol. The fraction of sp³-hybridized carbons (Fsp3) is 0.350.